The maximum Gasteiger partial charge on any atom is 0.136 e. The summed E-state index contributed by atoms with van der Waals surface area (Å²) in [4.78, 5) is 5.44. The van der Waals surface area contributed by atoms with Gasteiger partial charge in [-0.05, 0) is 53.6 Å². The van der Waals surface area contributed by atoms with Crippen molar-refractivity contribution in [2.75, 3.05) is 0 Å². The van der Waals surface area contributed by atoms with E-state index in [-0.39, 0.29) is 0 Å². The Bertz CT molecular complexity index is 2490. The van der Waals surface area contributed by atoms with Gasteiger partial charge in [0.25, 0.3) is 0 Å². The molecular weight excluding hydrogens is 536 g/mol. The van der Waals surface area contributed by atoms with Crippen molar-refractivity contribution in [3.63, 3.8) is 0 Å². The first kappa shape index (κ1) is 24.6. The number of para-hydroxylation sites is 4. The second-order valence-corrected chi connectivity index (χ2v) is 11.2. The molecule has 6 aromatic carbocycles. The molecule has 0 N–H and O–H groups in total. The van der Waals surface area contributed by atoms with Gasteiger partial charge in [-0.25, -0.2) is 4.98 Å². The third kappa shape index (κ3) is 3.80. The highest BCUT2D eigenvalue weighted by Gasteiger charge is 2.19. The zero-order valence-corrected chi connectivity index (χ0v) is 23.8. The van der Waals surface area contributed by atoms with Gasteiger partial charge in [-0.15, -0.1) is 0 Å². The summed E-state index contributed by atoms with van der Waals surface area (Å²) in [6.45, 7) is 0. The van der Waals surface area contributed by atoms with Crippen molar-refractivity contribution >= 4 is 43.7 Å². The molecule has 0 radical (unpaired) electrons. The van der Waals surface area contributed by atoms with Crippen molar-refractivity contribution < 1.29 is 4.42 Å². The average molecular weight is 563 g/mol. The van der Waals surface area contributed by atoms with Crippen LogP contribution in [0.2, 0.25) is 0 Å². The first-order chi connectivity index (χ1) is 21.8. The quantitative estimate of drug-likeness (QED) is 0.214. The van der Waals surface area contributed by atoms with E-state index in [1.54, 1.807) is 0 Å². The lowest BCUT2D eigenvalue weighted by Crippen LogP contribution is -1.97. The smallest absolute Gasteiger partial charge is 0.136 e. The molecule has 3 aromatic heterocycles. The molecule has 9 rings (SSSR count). The Morgan fingerprint density at radius 2 is 1.07 bits per heavy atom. The fraction of sp³-hybridized carbons (Fsp3) is 0. The zero-order valence-electron chi connectivity index (χ0n) is 23.8. The van der Waals surface area contributed by atoms with E-state index in [0.717, 1.165) is 66.8 Å². The molecule has 3 heterocycles. The first-order valence-corrected chi connectivity index (χ1v) is 14.9. The number of nitrogens with zero attached hydrogens (tertiary/aromatic N) is 2. The molecular formula is C41H26N2O. The van der Waals surface area contributed by atoms with Crippen LogP contribution >= 0.6 is 0 Å². The Labute approximate surface area is 254 Å². The van der Waals surface area contributed by atoms with E-state index >= 15 is 0 Å². The number of benzene rings is 6. The minimum atomic E-state index is 0.864. The van der Waals surface area contributed by atoms with Crippen molar-refractivity contribution in [3.05, 3.63) is 158 Å². The molecule has 0 bridgehead atoms. The third-order valence-electron chi connectivity index (χ3n) is 8.60. The number of fused-ring (bicyclic) bond motifs is 6. The number of furan rings is 1. The largest absolute Gasteiger partial charge is 0.456 e. The van der Waals surface area contributed by atoms with Crippen molar-refractivity contribution in [2.45, 2.75) is 0 Å². The lowest BCUT2D eigenvalue weighted by molar-refractivity contribution is 0.669. The van der Waals surface area contributed by atoms with Crippen molar-refractivity contribution in [2.24, 2.45) is 0 Å². The van der Waals surface area contributed by atoms with Crippen molar-refractivity contribution in [1.29, 1.82) is 0 Å². The van der Waals surface area contributed by atoms with Gasteiger partial charge in [0, 0.05) is 38.4 Å². The van der Waals surface area contributed by atoms with Crippen LogP contribution in [0.1, 0.15) is 0 Å². The summed E-state index contributed by atoms with van der Waals surface area (Å²) in [5.41, 5.74) is 11.5. The zero-order chi connectivity index (χ0) is 29.0. The number of rotatable bonds is 4. The summed E-state index contributed by atoms with van der Waals surface area (Å²) in [7, 11) is 0. The Balaban J connectivity index is 1.38. The number of pyridine rings is 1. The molecule has 0 atom stereocenters. The summed E-state index contributed by atoms with van der Waals surface area (Å²) in [5, 5.41) is 4.61. The van der Waals surface area contributed by atoms with Gasteiger partial charge in [0.15, 0.2) is 0 Å². The molecule has 0 unspecified atom stereocenters. The van der Waals surface area contributed by atoms with Crippen LogP contribution in [0.3, 0.4) is 0 Å². The van der Waals surface area contributed by atoms with E-state index in [0.29, 0.717) is 0 Å². The molecule has 0 spiro atoms. The van der Waals surface area contributed by atoms with Crippen LogP contribution in [-0.4, -0.2) is 9.55 Å². The highest BCUT2D eigenvalue weighted by Crippen LogP contribution is 2.41. The molecule has 44 heavy (non-hydrogen) atoms. The molecule has 0 aliphatic heterocycles. The van der Waals surface area contributed by atoms with Crippen LogP contribution in [-0.2, 0) is 0 Å². The van der Waals surface area contributed by atoms with E-state index in [9.17, 15) is 0 Å². The highest BCUT2D eigenvalue weighted by molar-refractivity contribution is 6.14. The highest BCUT2D eigenvalue weighted by atomic mass is 16.3. The molecule has 0 saturated carbocycles. The fourth-order valence-corrected chi connectivity index (χ4v) is 6.66. The van der Waals surface area contributed by atoms with Gasteiger partial charge in [0.2, 0.25) is 0 Å². The van der Waals surface area contributed by atoms with E-state index < -0.39 is 0 Å². The molecule has 0 aliphatic rings. The third-order valence-corrected chi connectivity index (χ3v) is 8.60. The number of aromatic nitrogens is 2. The molecule has 9 aromatic rings. The Kier molecular flexibility index (Phi) is 5.50. The number of hydrogen-bond acceptors (Lipinski definition) is 2. The van der Waals surface area contributed by atoms with Crippen LogP contribution in [0.25, 0.3) is 83.1 Å². The van der Waals surface area contributed by atoms with Crippen LogP contribution in [0, 0.1) is 0 Å². The minimum Gasteiger partial charge on any atom is -0.456 e. The lowest BCUT2D eigenvalue weighted by atomic mass is 9.97. The normalized spacial score (nSPS) is 11.6. The van der Waals surface area contributed by atoms with Crippen LogP contribution < -0.4 is 0 Å². The maximum absolute atomic E-state index is 6.27. The Hall–Kier alpha value is -5.93. The van der Waals surface area contributed by atoms with E-state index in [1.165, 1.54) is 16.3 Å². The summed E-state index contributed by atoms with van der Waals surface area (Å²) >= 11 is 0. The van der Waals surface area contributed by atoms with Crippen molar-refractivity contribution in [1.82, 2.24) is 9.55 Å². The first-order valence-electron chi connectivity index (χ1n) is 14.9. The van der Waals surface area contributed by atoms with Gasteiger partial charge < -0.3 is 8.98 Å². The Morgan fingerprint density at radius 3 is 1.91 bits per heavy atom. The lowest BCUT2D eigenvalue weighted by Gasteiger charge is -2.14. The average Bonchev–Trinajstić information content (AvgIpc) is 3.65. The van der Waals surface area contributed by atoms with E-state index in [2.05, 4.69) is 144 Å². The molecule has 0 saturated heterocycles. The maximum atomic E-state index is 6.27. The van der Waals surface area contributed by atoms with E-state index in [4.69, 9.17) is 9.40 Å². The van der Waals surface area contributed by atoms with Gasteiger partial charge in [0.1, 0.15) is 11.2 Å². The van der Waals surface area contributed by atoms with Gasteiger partial charge in [-0.1, -0.05) is 115 Å². The monoisotopic (exact) mass is 562 g/mol. The predicted molar refractivity (Wildman–Crippen MR) is 182 cm³/mol. The topological polar surface area (TPSA) is 31.0 Å². The van der Waals surface area contributed by atoms with Crippen LogP contribution in [0.5, 0.6) is 0 Å². The minimum absolute atomic E-state index is 0.864. The molecule has 0 amide bonds. The number of hydrogen-bond donors (Lipinski definition) is 0. The fourth-order valence-electron chi connectivity index (χ4n) is 6.66. The Morgan fingerprint density at radius 1 is 0.455 bits per heavy atom. The summed E-state index contributed by atoms with van der Waals surface area (Å²) < 4.78 is 8.65. The molecule has 0 aliphatic carbocycles. The summed E-state index contributed by atoms with van der Waals surface area (Å²) in [6.07, 6.45) is 0. The van der Waals surface area contributed by atoms with Crippen LogP contribution in [0.4, 0.5) is 0 Å². The summed E-state index contributed by atoms with van der Waals surface area (Å²) in [5.74, 6) is 0. The van der Waals surface area contributed by atoms with Crippen LogP contribution in [0.15, 0.2) is 162 Å². The predicted octanol–water partition coefficient (Wildman–Crippen LogP) is 11.1. The molecule has 3 nitrogen and oxygen atoms in total. The van der Waals surface area contributed by atoms with Gasteiger partial charge in [0.05, 0.1) is 22.4 Å². The summed E-state index contributed by atoms with van der Waals surface area (Å²) in [6, 6.07) is 55.4. The second-order valence-electron chi connectivity index (χ2n) is 11.2. The SMILES string of the molecule is c1ccc(-c2cc(-c3cccc4oc5ccccc5c34)nc(-c3cccc4c5ccccc5n(-c5ccccc5)c34)c2)cc1. The molecule has 3 heteroatoms. The van der Waals surface area contributed by atoms with Crippen molar-refractivity contribution in [3.8, 4) is 39.3 Å². The van der Waals surface area contributed by atoms with Gasteiger partial charge in [-0.2, -0.15) is 0 Å². The van der Waals surface area contributed by atoms with Gasteiger partial charge in [-0.3, -0.25) is 0 Å². The molecule has 206 valence electrons. The second kappa shape index (κ2) is 9.82. The van der Waals surface area contributed by atoms with E-state index in [1.807, 2.05) is 18.2 Å². The molecule has 0 fully saturated rings. The van der Waals surface area contributed by atoms with Gasteiger partial charge >= 0.3 is 0 Å². The standard InChI is InChI=1S/C41H26N2O/c1-3-13-27(14-4-1)28-25-35(32-20-12-24-39-40(32)34-18-8-10-23-38(34)44-39)42-36(26-28)33-21-11-19-31-30-17-7-9-22-37(30)43(41(31)33)29-15-5-2-6-16-29/h1-26H.